The van der Waals surface area contributed by atoms with Crippen LogP contribution in [0.5, 0.6) is 11.5 Å². The zero-order chi connectivity index (χ0) is 12.8. The number of aryl methyl sites for hydroxylation is 2. The molecule has 0 aromatic heterocycles. The van der Waals surface area contributed by atoms with Crippen LogP contribution in [0.1, 0.15) is 11.1 Å². The van der Waals surface area contributed by atoms with Gasteiger partial charge in [0.1, 0.15) is 11.5 Å². The van der Waals surface area contributed by atoms with Gasteiger partial charge in [0.2, 0.25) is 0 Å². The van der Waals surface area contributed by atoms with Gasteiger partial charge in [0, 0.05) is 0 Å². The molecule has 2 aromatic carbocycles. The second-order valence-corrected chi connectivity index (χ2v) is 4.20. The van der Waals surface area contributed by atoms with E-state index in [2.05, 4.69) is 24.3 Å². The summed E-state index contributed by atoms with van der Waals surface area (Å²) in [6.07, 6.45) is 2.08. The Morgan fingerprint density at radius 1 is 0.611 bits per heavy atom. The first-order chi connectivity index (χ1) is 8.81. The Morgan fingerprint density at radius 2 is 0.944 bits per heavy atom. The Kier molecular flexibility index (Phi) is 4.24. The van der Waals surface area contributed by atoms with Gasteiger partial charge in [0.25, 0.3) is 0 Å². The van der Waals surface area contributed by atoms with Gasteiger partial charge < -0.3 is 9.47 Å². The molecule has 2 heteroatoms. The number of benzene rings is 2. The molecular formula is C16H18O2. The lowest BCUT2D eigenvalue weighted by Crippen LogP contribution is -1.92. The van der Waals surface area contributed by atoms with E-state index in [9.17, 15) is 0 Å². The summed E-state index contributed by atoms with van der Waals surface area (Å²) in [7, 11) is 3.37. The summed E-state index contributed by atoms with van der Waals surface area (Å²) in [6.45, 7) is 0. The third-order valence-electron chi connectivity index (χ3n) is 3.02. The van der Waals surface area contributed by atoms with Crippen molar-refractivity contribution in [2.75, 3.05) is 14.2 Å². The summed E-state index contributed by atoms with van der Waals surface area (Å²) in [5.41, 5.74) is 2.65. The topological polar surface area (TPSA) is 18.5 Å². The van der Waals surface area contributed by atoms with Crippen molar-refractivity contribution in [2.45, 2.75) is 12.8 Å². The molecule has 0 aliphatic carbocycles. The lowest BCUT2D eigenvalue weighted by atomic mass is 10.0. The maximum Gasteiger partial charge on any atom is 0.118 e. The Labute approximate surface area is 108 Å². The SMILES string of the molecule is COc1ccc(CCc2ccc(OC)cc2)cc1. The van der Waals surface area contributed by atoms with Crippen LogP contribution in [-0.4, -0.2) is 14.2 Å². The van der Waals surface area contributed by atoms with Crippen molar-refractivity contribution in [3.8, 4) is 11.5 Å². The van der Waals surface area contributed by atoms with Crippen molar-refractivity contribution in [1.82, 2.24) is 0 Å². The highest BCUT2D eigenvalue weighted by Gasteiger charge is 1.98. The minimum Gasteiger partial charge on any atom is -0.497 e. The Bertz CT molecular complexity index is 424. The van der Waals surface area contributed by atoms with Crippen molar-refractivity contribution >= 4 is 0 Å². The van der Waals surface area contributed by atoms with Crippen molar-refractivity contribution in [2.24, 2.45) is 0 Å². The largest absolute Gasteiger partial charge is 0.497 e. The molecular weight excluding hydrogens is 224 g/mol. The highest BCUT2D eigenvalue weighted by Crippen LogP contribution is 2.15. The van der Waals surface area contributed by atoms with Crippen LogP contribution in [0.2, 0.25) is 0 Å². The lowest BCUT2D eigenvalue weighted by Gasteiger charge is -2.05. The fraction of sp³-hybridized carbons (Fsp3) is 0.250. The predicted molar refractivity (Wildman–Crippen MR) is 73.4 cm³/mol. The molecule has 2 aromatic rings. The fourth-order valence-corrected chi connectivity index (χ4v) is 1.87. The van der Waals surface area contributed by atoms with Gasteiger partial charge in [-0.3, -0.25) is 0 Å². The van der Waals surface area contributed by atoms with Gasteiger partial charge in [-0.1, -0.05) is 24.3 Å². The molecule has 0 aliphatic heterocycles. The van der Waals surface area contributed by atoms with Crippen molar-refractivity contribution in [1.29, 1.82) is 0 Å². The third kappa shape index (κ3) is 3.27. The van der Waals surface area contributed by atoms with Crippen LogP contribution in [0.15, 0.2) is 48.5 Å². The molecule has 0 radical (unpaired) electrons. The summed E-state index contributed by atoms with van der Waals surface area (Å²) in [5.74, 6) is 1.81. The van der Waals surface area contributed by atoms with Crippen molar-refractivity contribution in [3.63, 3.8) is 0 Å². The number of ether oxygens (including phenoxy) is 2. The highest BCUT2D eigenvalue weighted by atomic mass is 16.5. The molecule has 0 unspecified atom stereocenters. The van der Waals surface area contributed by atoms with E-state index in [1.807, 2.05) is 24.3 Å². The van der Waals surface area contributed by atoms with Crippen LogP contribution >= 0.6 is 0 Å². The molecule has 0 saturated heterocycles. The minimum atomic E-state index is 0.906. The highest BCUT2D eigenvalue weighted by molar-refractivity contribution is 5.30. The standard InChI is InChI=1S/C16H18O2/c1-17-15-9-5-13(6-10-15)3-4-14-7-11-16(18-2)12-8-14/h5-12H,3-4H2,1-2H3. The van der Waals surface area contributed by atoms with E-state index >= 15 is 0 Å². The molecule has 18 heavy (non-hydrogen) atoms. The second-order valence-electron chi connectivity index (χ2n) is 4.20. The number of rotatable bonds is 5. The van der Waals surface area contributed by atoms with E-state index in [1.54, 1.807) is 14.2 Å². The maximum absolute atomic E-state index is 5.14. The summed E-state index contributed by atoms with van der Waals surface area (Å²) in [5, 5.41) is 0. The Balaban J connectivity index is 1.93. The molecule has 0 saturated carbocycles. The molecule has 2 nitrogen and oxygen atoms in total. The Morgan fingerprint density at radius 3 is 1.22 bits per heavy atom. The zero-order valence-electron chi connectivity index (χ0n) is 10.8. The first-order valence-corrected chi connectivity index (χ1v) is 6.07. The molecule has 0 spiro atoms. The predicted octanol–water partition coefficient (Wildman–Crippen LogP) is 3.49. The molecule has 0 aliphatic rings. The van der Waals surface area contributed by atoms with E-state index in [4.69, 9.17) is 9.47 Å². The monoisotopic (exact) mass is 242 g/mol. The molecule has 0 atom stereocenters. The maximum atomic E-state index is 5.14. The first-order valence-electron chi connectivity index (χ1n) is 6.07. The zero-order valence-corrected chi connectivity index (χ0v) is 10.8. The quantitative estimate of drug-likeness (QED) is 0.799. The van der Waals surface area contributed by atoms with Gasteiger partial charge in [0.05, 0.1) is 14.2 Å². The normalized spacial score (nSPS) is 10.1. The van der Waals surface area contributed by atoms with Crippen LogP contribution in [0.4, 0.5) is 0 Å². The summed E-state index contributed by atoms with van der Waals surface area (Å²) in [4.78, 5) is 0. The van der Waals surface area contributed by atoms with Crippen LogP contribution < -0.4 is 9.47 Å². The van der Waals surface area contributed by atoms with Crippen molar-refractivity contribution in [3.05, 3.63) is 59.7 Å². The fourth-order valence-electron chi connectivity index (χ4n) is 1.87. The molecule has 0 bridgehead atoms. The van der Waals surface area contributed by atoms with Gasteiger partial charge >= 0.3 is 0 Å². The second kappa shape index (κ2) is 6.10. The average molecular weight is 242 g/mol. The Hall–Kier alpha value is -1.96. The first kappa shape index (κ1) is 12.5. The smallest absolute Gasteiger partial charge is 0.118 e. The van der Waals surface area contributed by atoms with Crippen LogP contribution in [-0.2, 0) is 12.8 Å². The van der Waals surface area contributed by atoms with Gasteiger partial charge in [0.15, 0.2) is 0 Å². The molecule has 94 valence electrons. The summed E-state index contributed by atoms with van der Waals surface area (Å²) >= 11 is 0. The third-order valence-corrected chi connectivity index (χ3v) is 3.02. The number of hydrogen-bond donors (Lipinski definition) is 0. The summed E-state index contributed by atoms with van der Waals surface area (Å²) < 4.78 is 10.3. The minimum absolute atomic E-state index is 0.906. The van der Waals surface area contributed by atoms with E-state index in [0.717, 1.165) is 24.3 Å². The molecule has 0 heterocycles. The molecule has 0 N–H and O–H groups in total. The van der Waals surface area contributed by atoms with Gasteiger partial charge in [-0.25, -0.2) is 0 Å². The van der Waals surface area contributed by atoms with E-state index in [-0.39, 0.29) is 0 Å². The summed E-state index contributed by atoms with van der Waals surface area (Å²) in [6, 6.07) is 16.5. The number of hydrogen-bond acceptors (Lipinski definition) is 2. The van der Waals surface area contributed by atoms with Gasteiger partial charge in [-0.05, 0) is 48.2 Å². The number of methoxy groups -OCH3 is 2. The van der Waals surface area contributed by atoms with E-state index in [1.165, 1.54) is 11.1 Å². The van der Waals surface area contributed by atoms with Gasteiger partial charge in [-0.15, -0.1) is 0 Å². The van der Waals surface area contributed by atoms with Crippen molar-refractivity contribution < 1.29 is 9.47 Å². The van der Waals surface area contributed by atoms with E-state index < -0.39 is 0 Å². The average Bonchev–Trinajstić information content (AvgIpc) is 2.46. The van der Waals surface area contributed by atoms with Crippen LogP contribution in [0.25, 0.3) is 0 Å². The van der Waals surface area contributed by atoms with E-state index in [0.29, 0.717) is 0 Å². The van der Waals surface area contributed by atoms with Crippen LogP contribution in [0, 0.1) is 0 Å². The molecule has 0 amide bonds. The van der Waals surface area contributed by atoms with Gasteiger partial charge in [-0.2, -0.15) is 0 Å². The van der Waals surface area contributed by atoms with Crippen LogP contribution in [0.3, 0.4) is 0 Å². The molecule has 0 fully saturated rings. The molecule has 2 rings (SSSR count). The lowest BCUT2D eigenvalue weighted by molar-refractivity contribution is 0.414.